The Hall–Kier alpha value is -1.13. The van der Waals surface area contributed by atoms with Gasteiger partial charge in [-0.1, -0.05) is 0 Å². The van der Waals surface area contributed by atoms with E-state index in [1.807, 2.05) is 6.07 Å². The monoisotopic (exact) mass is 223 g/mol. The summed E-state index contributed by atoms with van der Waals surface area (Å²) in [6, 6.07) is 1.85. The molecular weight excluding hydrogens is 206 g/mol. The Morgan fingerprint density at radius 2 is 2.25 bits per heavy atom. The van der Waals surface area contributed by atoms with Crippen LogP contribution in [0.25, 0.3) is 0 Å². The SMILES string of the molecule is COc1cncc(C2(O)CCCOCC2)c1. The van der Waals surface area contributed by atoms with E-state index in [-0.39, 0.29) is 0 Å². The molecule has 0 amide bonds. The van der Waals surface area contributed by atoms with Crippen molar-refractivity contribution in [1.82, 2.24) is 4.98 Å². The zero-order valence-electron chi connectivity index (χ0n) is 9.48. The van der Waals surface area contributed by atoms with Gasteiger partial charge in [-0.05, 0) is 18.9 Å². The van der Waals surface area contributed by atoms with Crippen LogP contribution in [-0.2, 0) is 10.3 Å². The third-order valence-corrected chi connectivity index (χ3v) is 3.03. The highest BCUT2D eigenvalue weighted by Crippen LogP contribution is 2.33. The maximum Gasteiger partial charge on any atom is 0.137 e. The molecule has 0 radical (unpaired) electrons. The Morgan fingerprint density at radius 1 is 1.38 bits per heavy atom. The zero-order valence-corrected chi connectivity index (χ0v) is 9.48. The van der Waals surface area contributed by atoms with Gasteiger partial charge in [0.2, 0.25) is 0 Å². The summed E-state index contributed by atoms with van der Waals surface area (Å²) in [7, 11) is 1.60. The summed E-state index contributed by atoms with van der Waals surface area (Å²) in [6.45, 7) is 1.31. The number of nitrogens with zero attached hydrogens (tertiary/aromatic N) is 1. The highest BCUT2D eigenvalue weighted by atomic mass is 16.5. The fourth-order valence-electron chi connectivity index (χ4n) is 2.01. The third-order valence-electron chi connectivity index (χ3n) is 3.03. The summed E-state index contributed by atoms with van der Waals surface area (Å²) < 4.78 is 10.5. The molecule has 0 bridgehead atoms. The Labute approximate surface area is 95.2 Å². The number of hydrogen-bond donors (Lipinski definition) is 1. The lowest BCUT2D eigenvalue weighted by atomic mass is 9.88. The Morgan fingerprint density at radius 3 is 3.06 bits per heavy atom. The van der Waals surface area contributed by atoms with Crippen LogP contribution >= 0.6 is 0 Å². The minimum absolute atomic E-state index is 0.591. The lowest BCUT2D eigenvalue weighted by Gasteiger charge is -2.26. The van der Waals surface area contributed by atoms with E-state index in [0.29, 0.717) is 25.2 Å². The lowest BCUT2D eigenvalue weighted by molar-refractivity contribution is 0.0139. The van der Waals surface area contributed by atoms with Gasteiger partial charge in [-0.2, -0.15) is 0 Å². The van der Waals surface area contributed by atoms with Gasteiger partial charge in [-0.15, -0.1) is 0 Å². The molecule has 1 aliphatic heterocycles. The van der Waals surface area contributed by atoms with Gasteiger partial charge in [0.1, 0.15) is 5.75 Å². The Bertz CT molecular complexity index is 346. The molecule has 4 nitrogen and oxygen atoms in total. The van der Waals surface area contributed by atoms with Crippen molar-refractivity contribution in [2.75, 3.05) is 20.3 Å². The fourth-order valence-corrected chi connectivity index (χ4v) is 2.01. The van der Waals surface area contributed by atoms with E-state index in [2.05, 4.69) is 4.98 Å². The molecule has 0 spiro atoms. The molecule has 1 atom stereocenters. The van der Waals surface area contributed by atoms with Crippen LogP contribution in [0.4, 0.5) is 0 Å². The number of methoxy groups -OCH3 is 1. The van der Waals surface area contributed by atoms with E-state index in [4.69, 9.17) is 9.47 Å². The molecule has 1 saturated heterocycles. The van der Waals surface area contributed by atoms with E-state index < -0.39 is 5.60 Å². The Balaban J connectivity index is 2.25. The van der Waals surface area contributed by atoms with Gasteiger partial charge in [0.15, 0.2) is 0 Å². The molecule has 0 aliphatic carbocycles. The molecule has 1 aromatic heterocycles. The molecule has 2 rings (SSSR count). The van der Waals surface area contributed by atoms with Crippen LogP contribution in [0.2, 0.25) is 0 Å². The van der Waals surface area contributed by atoms with Gasteiger partial charge in [0.25, 0.3) is 0 Å². The first-order chi connectivity index (χ1) is 7.74. The minimum Gasteiger partial charge on any atom is -0.495 e. The smallest absolute Gasteiger partial charge is 0.137 e. The molecule has 4 heteroatoms. The van der Waals surface area contributed by atoms with Gasteiger partial charge in [-0.25, -0.2) is 0 Å². The van der Waals surface area contributed by atoms with Crippen molar-refractivity contribution in [3.05, 3.63) is 24.0 Å². The first-order valence-corrected chi connectivity index (χ1v) is 5.54. The van der Waals surface area contributed by atoms with Crippen molar-refractivity contribution in [2.24, 2.45) is 0 Å². The van der Waals surface area contributed by atoms with Crippen LogP contribution in [0.1, 0.15) is 24.8 Å². The van der Waals surface area contributed by atoms with Crippen molar-refractivity contribution in [3.63, 3.8) is 0 Å². The van der Waals surface area contributed by atoms with Crippen LogP contribution in [-0.4, -0.2) is 30.4 Å². The standard InChI is InChI=1S/C12H17NO3/c1-15-11-7-10(8-13-9-11)12(14)3-2-5-16-6-4-12/h7-9,14H,2-6H2,1H3. The number of aliphatic hydroxyl groups is 1. The summed E-state index contributed by atoms with van der Waals surface area (Å²) in [5.41, 5.74) is -0.00440. The first-order valence-electron chi connectivity index (χ1n) is 5.54. The highest BCUT2D eigenvalue weighted by molar-refractivity contribution is 5.28. The van der Waals surface area contributed by atoms with Crippen LogP contribution in [0, 0.1) is 0 Å². The maximum atomic E-state index is 10.6. The molecule has 16 heavy (non-hydrogen) atoms. The normalized spacial score (nSPS) is 26.1. The van der Waals surface area contributed by atoms with E-state index in [1.165, 1.54) is 0 Å². The second-order valence-electron chi connectivity index (χ2n) is 4.11. The van der Waals surface area contributed by atoms with Gasteiger partial charge in [0.05, 0.1) is 18.9 Å². The molecule has 1 N–H and O–H groups in total. The predicted octanol–water partition coefficient (Wildman–Crippen LogP) is 1.48. The number of pyridine rings is 1. The quantitative estimate of drug-likeness (QED) is 0.825. The first kappa shape index (κ1) is 11.4. The van der Waals surface area contributed by atoms with Crippen molar-refractivity contribution in [2.45, 2.75) is 24.9 Å². The van der Waals surface area contributed by atoms with Crippen molar-refractivity contribution >= 4 is 0 Å². The van der Waals surface area contributed by atoms with Gasteiger partial charge >= 0.3 is 0 Å². The number of rotatable bonds is 2. The molecular formula is C12H17NO3. The average Bonchev–Trinajstić information content (AvgIpc) is 2.55. The lowest BCUT2D eigenvalue weighted by Crippen LogP contribution is -2.26. The summed E-state index contributed by atoms with van der Waals surface area (Å²) in [6.07, 6.45) is 5.53. The Kier molecular flexibility index (Phi) is 3.41. The molecule has 1 aromatic rings. The van der Waals surface area contributed by atoms with Gasteiger partial charge < -0.3 is 14.6 Å². The van der Waals surface area contributed by atoms with Crippen LogP contribution in [0.15, 0.2) is 18.5 Å². The molecule has 1 unspecified atom stereocenters. The van der Waals surface area contributed by atoms with E-state index in [1.54, 1.807) is 19.5 Å². The number of hydrogen-bond acceptors (Lipinski definition) is 4. The molecule has 0 aromatic carbocycles. The van der Waals surface area contributed by atoms with Crippen LogP contribution in [0.5, 0.6) is 5.75 Å². The van der Waals surface area contributed by atoms with Crippen LogP contribution < -0.4 is 4.74 Å². The number of aromatic nitrogens is 1. The van der Waals surface area contributed by atoms with E-state index in [9.17, 15) is 5.11 Å². The zero-order chi connectivity index (χ0) is 11.4. The maximum absolute atomic E-state index is 10.6. The van der Waals surface area contributed by atoms with Crippen LogP contribution in [0.3, 0.4) is 0 Å². The second kappa shape index (κ2) is 4.80. The second-order valence-corrected chi connectivity index (χ2v) is 4.11. The number of ether oxygens (including phenoxy) is 2. The third kappa shape index (κ3) is 2.33. The molecule has 0 saturated carbocycles. The van der Waals surface area contributed by atoms with Gasteiger partial charge in [0, 0.05) is 31.4 Å². The fraction of sp³-hybridized carbons (Fsp3) is 0.583. The summed E-state index contributed by atoms with van der Waals surface area (Å²) in [5.74, 6) is 0.677. The molecule has 1 aliphatic rings. The summed E-state index contributed by atoms with van der Waals surface area (Å²) in [5, 5.41) is 10.6. The van der Waals surface area contributed by atoms with E-state index >= 15 is 0 Å². The van der Waals surface area contributed by atoms with E-state index in [0.717, 1.165) is 18.6 Å². The molecule has 2 heterocycles. The van der Waals surface area contributed by atoms with Crippen molar-refractivity contribution in [1.29, 1.82) is 0 Å². The minimum atomic E-state index is -0.821. The molecule has 1 fully saturated rings. The highest BCUT2D eigenvalue weighted by Gasteiger charge is 2.31. The summed E-state index contributed by atoms with van der Waals surface area (Å²) in [4.78, 5) is 4.08. The van der Waals surface area contributed by atoms with Crippen molar-refractivity contribution in [3.8, 4) is 5.75 Å². The predicted molar refractivity (Wildman–Crippen MR) is 59.4 cm³/mol. The summed E-state index contributed by atoms with van der Waals surface area (Å²) >= 11 is 0. The topological polar surface area (TPSA) is 51.6 Å². The van der Waals surface area contributed by atoms with Gasteiger partial charge in [-0.3, -0.25) is 4.98 Å². The molecule has 88 valence electrons. The largest absolute Gasteiger partial charge is 0.495 e. The average molecular weight is 223 g/mol. The van der Waals surface area contributed by atoms with Crippen molar-refractivity contribution < 1.29 is 14.6 Å².